The zero-order valence-corrected chi connectivity index (χ0v) is 15.2. The van der Waals surface area contributed by atoms with Crippen molar-refractivity contribution in [1.82, 2.24) is 24.5 Å². The van der Waals surface area contributed by atoms with Gasteiger partial charge in [0.25, 0.3) is 5.78 Å². The maximum atomic E-state index is 12.6. The maximum Gasteiger partial charge on any atom is 0.252 e. The number of likely N-dealkylation sites (tertiary alicyclic amines) is 1. The largest absolute Gasteiger partial charge is 0.341 e. The average molecular weight is 363 g/mol. The number of rotatable bonds is 3. The third kappa shape index (κ3) is 2.70. The van der Waals surface area contributed by atoms with Crippen molar-refractivity contribution in [3.05, 3.63) is 23.3 Å². The van der Waals surface area contributed by atoms with Crippen molar-refractivity contribution in [3.8, 4) is 0 Å². The van der Waals surface area contributed by atoms with Crippen molar-refractivity contribution in [2.75, 3.05) is 18.8 Å². The third-order valence-corrected chi connectivity index (χ3v) is 7.81. The third-order valence-electron chi connectivity index (χ3n) is 5.55. The molecule has 0 aliphatic carbocycles. The Hall–Kier alpha value is -2.03. The Bertz CT molecular complexity index is 952. The molecule has 2 atom stereocenters. The maximum absolute atomic E-state index is 12.6. The van der Waals surface area contributed by atoms with Crippen LogP contribution < -0.4 is 0 Å². The number of carbonyl (C=O) groups is 1. The zero-order valence-electron chi connectivity index (χ0n) is 14.3. The summed E-state index contributed by atoms with van der Waals surface area (Å²) in [5, 5.41) is 3.81. The van der Waals surface area contributed by atoms with Crippen LogP contribution in [0.2, 0.25) is 0 Å². The Kier molecular flexibility index (Phi) is 3.78. The van der Waals surface area contributed by atoms with Gasteiger partial charge in [0.2, 0.25) is 5.91 Å². The molecule has 2 aromatic heterocycles. The van der Waals surface area contributed by atoms with Gasteiger partial charge in [0, 0.05) is 30.9 Å². The molecule has 0 aromatic carbocycles. The Morgan fingerprint density at radius 2 is 2.12 bits per heavy atom. The summed E-state index contributed by atoms with van der Waals surface area (Å²) < 4.78 is 25.7. The van der Waals surface area contributed by atoms with Crippen molar-refractivity contribution in [2.45, 2.75) is 38.4 Å². The number of fused-ring (bicyclic) bond motifs is 2. The van der Waals surface area contributed by atoms with E-state index in [0.717, 1.165) is 17.0 Å². The van der Waals surface area contributed by atoms with E-state index in [9.17, 15) is 13.2 Å². The lowest BCUT2D eigenvalue weighted by atomic mass is 10.1. The van der Waals surface area contributed by atoms with E-state index in [1.54, 1.807) is 9.42 Å². The number of amides is 1. The van der Waals surface area contributed by atoms with Gasteiger partial charge in [0.05, 0.1) is 11.0 Å². The first kappa shape index (κ1) is 16.4. The number of aromatic nitrogens is 4. The summed E-state index contributed by atoms with van der Waals surface area (Å²) in [5.74, 6) is 0.960. The second-order valence-electron chi connectivity index (χ2n) is 6.99. The minimum absolute atomic E-state index is 0.0158. The number of hydrogen-bond acceptors (Lipinski definition) is 6. The molecule has 2 saturated heterocycles. The highest BCUT2D eigenvalue weighted by molar-refractivity contribution is 7.92. The lowest BCUT2D eigenvalue weighted by molar-refractivity contribution is -0.130. The molecule has 0 spiro atoms. The number of hydrogen-bond donors (Lipinski definition) is 0. The van der Waals surface area contributed by atoms with Crippen molar-refractivity contribution in [1.29, 1.82) is 0 Å². The summed E-state index contributed by atoms with van der Waals surface area (Å²) in [4.78, 5) is 22.8. The van der Waals surface area contributed by atoms with E-state index in [4.69, 9.17) is 0 Å². The summed E-state index contributed by atoms with van der Waals surface area (Å²) in [5.41, 5.74) is 2.79. The summed E-state index contributed by atoms with van der Waals surface area (Å²) in [6.45, 7) is 4.78. The molecular weight excluding hydrogens is 342 g/mol. The van der Waals surface area contributed by atoms with Gasteiger partial charge in [-0.3, -0.25) is 4.79 Å². The first-order valence-corrected chi connectivity index (χ1v) is 10.2. The van der Waals surface area contributed by atoms with Crippen LogP contribution in [0.4, 0.5) is 0 Å². The van der Waals surface area contributed by atoms with Gasteiger partial charge < -0.3 is 4.90 Å². The second-order valence-corrected chi connectivity index (χ2v) is 9.33. The highest BCUT2D eigenvalue weighted by Gasteiger charge is 2.47. The first-order valence-electron chi connectivity index (χ1n) is 8.52. The molecular formula is C16H21N5O3S. The van der Waals surface area contributed by atoms with Gasteiger partial charge in [0.15, 0.2) is 9.84 Å². The van der Waals surface area contributed by atoms with Crippen molar-refractivity contribution in [2.24, 2.45) is 5.92 Å². The molecule has 1 amide bonds. The lowest BCUT2D eigenvalue weighted by Crippen LogP contribution is -2.32. The van der Waals surface area contributed by atoms with Crippen LogP contribution in [-0.4, -0.2) is 62.9 Å². The van der Waals surface area contributed by atoms with Gasteiger partial charge in [-0.2, -0.15) is 10.1 Å². The van der Waals surface area contributed by atoms with Gasteiger partial charge in [0.1, 0.15) is 6.33 Å². The molecule has 0 unspecified atom stereocenters. The Balaban J connectivity index is 1.46. The van der Waals surface area contributed by atoms with E-state index in [1.807, 2.05) is 13.8 Å². The molecule has 25 heavy (non-hydrogen) atoms. The van der Waals surface area contributed by atoms with Crippen molar-refractivity contribution in [3.63, 3.8) is 0 Å². The van der Waals surface area contributed by atoms with Crippen molar-refractivity contribution >= 4 is 21.5 Å². The molecule has 0 saturated carbocycles. The van der Waals surface area contributed by atoms with Crippen LogP contribution in [-0.2, 0) is 21.1 Å². The van der Waals surface area contributed by atoms with Gasteiger partial charge >= 0.3 is 0 Å². The predicted octanol–water partition coefficient (Wildman–Crippen LogP) is 0.319. The normalized spacial score (nSPS) is 24.8. The average Bonchev–Trinajstić information content (AvgIpc) is 3.24. The summed E-state index contributed by atoms with van der Waals surface area (Å²) in [6.07, 6.45) is 3.07. The van der Waals surface area contributed by atoms with Crippen LogP contribution in [0, 0.1) is 19.8 Å². The quantitative estimate of drug-likeness (QED) is 0.779. The van der Waals surface area contributed by atoms with E-state index < -0.39 is 9.84 Å². The van der Waals surface area contributed by atoms with Gasteiger partial charge in [-0.25, -0.2) is 17.9 Å². The van der Waals surface area contributed by atoms with E-state index in [2.05, 4.69) is 15.1 Å². The monoisotopic (exact) mass is 363 g/mol. The predicted molar refractivity (Wildman–Crippen MR) is 90.8 cm³/mol. The molecule has 2 fully saturated rings. The van der Waals surface area contributed by atoms with E-state index in [-0.39, 0.29) is 22.8 Å². The van der Waals surface area contributed by atoms with Crippen LogP contribution in [0.3, 0.4) is 0 Å². The molecule has 9 heteroatoms. The molecule has 0 bridgehead atoms. The van der Waals surface area contributed by atoms with Crippen molar-refractivity contribution < 1.29 is 13.2 Å². The van der Waals surface area contributed by atoms with Gasteiger partial charge in [-0.15, -0.1) is 0 Å². The van der Waals surface area contributed by atoms with Crippen LogP contribution in [0.1, 0.15) is 29.8 Å². The summed E-state index contributed by atoms with van der Waals surface area (Å²) >= 11 is 0. The highest BCUT2D eigenvalue weighted by atomic mass is 32.2. The standard InChI is InChI=1S/C16H21N5O3S/c1-10-13(11(2)21-16(19-10)17-9-18-21)3-4-15(22)20-7-12-5-6-25(23,24)14(12)8-20/h9,12,14H,3-8H2,1-2H3/t12-,14+/m0/s1. The zero-order chi connectivity index (χ0) is 17.8. The number of nitrogens with zero attached hydrogens (tertiary/aromatic N) is 5. The number of carbonyl (C=O) groups excluding carboxylic acids is 1. The molecule has 4 heterocycles. The lowest BCUT2D eigenvalue weighted by Gasteiger charge is -2.18. The number of sulfone groups is 1. The van der Waals surface area contributed by atoms with Crippen LogP contribution >= 0.6 is 0 Å². The summed E-state index contributed by atoms with van der Waals surface area (Å²) in [7, 11) is -3.01. The van der Waals surface area contributed by atoms with Gasteiger partial charge in [-0.05, 0) is 38.2 Å². The van der Waals surface area contributed by atoms with Gasteiger partial charge in [-0.1, -0.05) is 0 Å². The molecule has 4 rings (SSSR count). The Labute approximate surface area is 146 Å². The molecule has 134 valence electrons. The van der Waals surface area contributed by atoms with E-state index in [1.165, 1.54) is 6.33 Å². The topological polar surface area (TPSA) is 97.5 Å². The minimum atomic E-state index is -3.01. The molecule has 2 aliphatic heterocycles. The second kappa shape index (κ2) is 5.76. The SMILES string of the molecule is Cc1nc2ncnn2c(C)c1CCC(=O)N1C[C@@H]2CCS(=O)(=O)[C@@H]2C1. The van der Waals surface area contributed by atoms with Crippen LogP contribution in [0.15, 0.2) is 6.33 Å². The molecule has 8 nitrogen and oxygen atoms in total. The Morgan fingerprint density at radius 1 is 1.32 bits per heavy atom. The Morgan fingerprint density at radius 3 is 2.88 bits per heavy atom. The fourth-order valence-electron chi connectivity index (χ4n) is 4.10. The number of aryl methyl sites for hydroxylation is 2. The molecule has 2 aliphatic rings. The van der Waals surface area contributed by atoms with E-state index in [0.29, 0.717) is 38.1 Å². The first-order chi connectivity index (χ1) is 11.9. The fraction of sp³-hybridized carbons (Fsp3) is 0.625. The summed E-state index contributed by atoms with van der Waals surface area (Å²) in [6, 6.07) is 0. The van der Waals surface area contributed by atoms with E-state index >= 15 is 0 Å². The minimum Gasteiger partial charge on any atom is -0.341 e. The van der Waals surface area contributed by atoms with Crippen LogP contribution in [0.25, 0.3) is 5.78 Å². The molecule has 0 radical (unpaired) electrons. The fourth-order valence-corrected chi connectivity index (χ4v) is 6.25. The molecule has 0 N–H and O–H groups in total. The highest BCUT2D eigenvalue weighted by Crippen LogP contribution is 2.33. The smallest absolute Gasteiger partial charge is 0.252 e. The molecule has 2 aromatic rings. The van der Waals surface area contributed by atoms with Crippen LogP contribution in [0.5, 0.6) is 0 Å².